The van der Waals surface area contributed by atoms with Gasteiger partial charge >= 0.3 is 0 Å². The second-order valence-electron chi connectivity index (χ2n) is 5.64. The molecule has 2 N–H and O–H groups in total. The summed E-state index contributed by atoms with van der Waals surface area (Å²) in [7, 11) is -1.66. The molecular formula is C12H23ClN2OSi. The third-order valence-electron chi connectivity index (χ3n) is 3.25. The van der Waals surface area contributed by atoms with Gasteiger partial charge in [0.25, 0.3) is 0 Å². The fourth-order valence-corrected chi connectivity index (χ4v) is 1.96. The van der Waals surface area contributed by atoms with Crippen molar-refractivity contribution in [3.8, 4) is 0 Å². The van der Waals surface area contributed by atoms with E-state index in [-0.39, 0.29) is 17.4 Å². The maximum Gasteiger partial charge on any atom is 0.192 e. The molecule has 0 aliphatic rings. The standard InChI is InChI=1S/C12H22N2OSi.ClH/c1-12(2,3)16(4,5)15-9-10-6-7-11(13)14-8-10;/h6-8H,9H2,1-5H3,(H2,13,14);1H. The highest BCUT2D eigenvalue weighted by atomic mass is 35.5. The van der Waals surface area contributed by atoms with Crippen molar-refractivity contribution in [1.82, 2.24) is 4.98 Å². The predicted octanol–water partition coefficient (Wildman–Crippen LogP) is 3.61. The monoisotopic (exact) mass is 274 g/mol. The molecule has 1 aromatic rings. The molecule has 0 aliphatic carbocycles. The molecule has 0 aliphatic heterocycles. The summed E-state index contributed by atoms with van der Waals surface area (Å²) in [6, 6.07) is 3.78. The maximum atomic E-state index is 6.08. The van der Waals surface area contributed by atoms with E-state index < -0.39 is 8.32 Å². The first-order chi connectivity index (χ1) is 7.22. The minimum atomic E-state index is -1.66. The number of hydrogen-bond acceptors (Lipinski definition) is 3. The van der Waals surface area contributed by atoms with Crippen molar-refractivity contribution >= 4 is 26.5 Å². The predicted molar refractivity (Wildman–Crippen MR) is 77.9 cm³/mol. The molecule has 1 heterocycles. The average Bonchev–Trinajstić information content (AvgIpc) is 2.15. The summed E-state index contributed by atoms with van der Waals surface area (Å²) in [4.78, 5) is 4.06. The first kappa shape index (κ1) is 16.4. The summed E-state index contributed by atoms with van der Waals surface area (Å²) in [5.74, 6) is 0.552. The quantitative estimate of drug-likeness (QED) is 0.857. The Labute approximate surface area is 111 Å². The van der Waals surface area contributed by atoms with Gasteiger partial charge in [-0.2, -0.15) is 0 Å². The van der Waals surface area contributed by atoms with Gasteiger partial charge in [-0.3, -0.25) is 0 Å². The number of halogens is 1. The molecule has 1 rings (SSSR count). The van der Waals surface area contributed by atoms with Crippen LogP contribution in [0.2, 0.25) is 18.1 Å². The number of anilines is 1. The van der Waals surface area contributed by atoms with E-state index in [0.29, 0.717) is 12.4 Å². The molecule has 0 fully saturated rings. The van der Waals surface area contributed by atoms with Crippen molar-refractivity contribution in [1.29, 1.82) is 0 Å². The van der Waals surface area contributed by atoms with Crippen LogP contribution in [0, 0.1) is 0 Å². The normalized spacial score (nSPS) is 12.1. The zero-order valence-corrected chi connectivity index (χ0v) is 13.1. The van der Waals surface area contributed by atoms with Crippen molar-refractivity contribution in [2.75, 3.05) is 5.73 Å². The van der Waals surface area contributed by atoms with Gasteiger partial charge in [-0.15, -0.1) is 12.4 Å². The third kappa shape index (κ3) is 4.65. The molecule has 0 saturated carbocycles. The van der Waals surface area contributed by atoms with Crippen LogP contribution in [-0.2, 0) is 11.0 Å². The minimum absolute atomic E-state index is 0. The van der Waals surface area contributed by atoms with Crippen LogP contribution in [0.25, 0.3) is 0 Å². The fraction of sp³-hybridized carbons (Fsp3) is 0.583. The lowest BCUT2D eigenvalue weighted by Crippen LogP contribution is -2.40. The Hall–Kier alpha value is -0.583. The van der Waals surface area contributed by atoms with Gasteiger partial charge in [0, 0.05) is 6.20 Å². The van der Waals surface area contributed by atoms with Crippen molar-refractivity contribution in [3.63, 3.8) is 0 Å². The van der Waals surface area contributed by atoms with Gasteiger partial charge in [-0.1, -0.05) is 26.8 Å². The van der Waals surface area contributed by atoms with Crippen molar-refractivity contribution in [2.45, 2.75) is 45.5 Å². The van der Waals surface area contributed by atoms with E-state index in [1.54, 1.807) is 6.20 Å². The third-order valence-corrected chi connectivity index (χ3v) is 7.73. The molecule has 98 valence electrons. The van der Waals surface area contributed by atoms with Crippen LogP contribution in [0.1, 0.15) is 26.3 Å². The van der Waals surface area contributed by atoms with Crippen LogP contribution >= 0.6 is 12.4 Å². The summed E-state index contributed by atoms with van der Waals surface area (Å²) in [6.45, 7) is 11.8. The molecule has 5 heteroatoms. The minimum Gasteiger partial charge on any atom is -0.413 e. The first-order valence-electron chi connectivity index (χ1n) is 5.57. The van der Waals surface area contributed by atoms with Gasteiger partial charge in [0.2, 0.25) is 0 Å². The zero-order valence-electron chi connectivity index (χ0n) is 11.3. The SMILES string of the molecule is CC(C)(C)[Si](C)(C)OCc1ccc(N)nc1.Cl. The van der Waals surface area contributed by atoms with E-state index in [9.17, 15) is 0 Å². The van der Waals surface area contributed by atoms with E-state index in [2.05, 4.69) is 38.8 Å². The van der Waals surface area contributed by atoms with E-state index in [1.807, 2.05) is 12.1 Å². The van der Waals surface area contributed by atoms with Crippen LogP contribution in [-0.4, -0.2) is 13.3 Å². The zero-order chi connectivity index (χ0) is 12.4. The van der Waals surface area contributed by atoms with Crippen LogP contribution in [0.15, 0.2) is 18.3 Å². The molecule has 17 heavy (non-hydrogen) atoms. The van der Waals surface area contributed by atoms with E-state index in [4.69, 9.17) is 10.2 Å². The van der Waals surface area contributed by atoms with Crippen LogP contribution in [0.5, 0.6) is 0 Å². The Morgan fingerprint density at radius 2 is 1.88 bits per heavy atom. The Morgan fingerprint density at radius 3 is 2.29 bits per heavy atom. The molecule has 0 aromatic carbocycles. The topological polar surface area (TPSA) is 48.1 Å². The molecule has 0 bridgehead atoms. The first-order valence-corrected chi connectivity index (χ1v) is 8.47. The highest BCUT2D eigenvalue weighted by Crippen LogP contribution is 2.36. The van der Waals surface area contributed by atoms with E-state index >= 15 is 0 Å². The van der Waals surface area contributed by atoms with Gasteiger partial charge in [0.05, 0.1) is 6.61 Å². The van der Waals surface area contributed by atoms with Crippen LogP contribution < -0.4 is 5.73 Å². The van der Waals surface area contributed by atoms with Crippen molar-refractivity contribution < 1.29 is 4.43 Å². The molecule has 3 nitrogen and oxygen atoms in total. The van der Waals surface area contributed by atoms with E-state index in [0.717, 1.165) is 5.56 Å². The summed E-state index contributed by atoms with van der Waals surface area (Å²) in [5, 5.41) is 0.244. The number of pyridine rings is 1. The number of nitrogens with zero attached hydrogens (tertiary/aromatic N) is 1. The van der Waals surface area contributed by atoms with E-state index in [1.165, 1.54) is 0 Å². The lowest BCUT2D eigenvalue weighted by molar-refractivity contribution is 0.276. The maximum absolute atomic E-state index is 6.08. The van der Waals surface area contributed by atoms with Gasteiger partial charge in [-0.25, -0.2) is 4.98 Å². The number of aromatic nitrogens is 1. The molecule has 0 unspecified atom stereocenters. The average molecular weight is 275 g/mol. The molecular weight excluding hydrogens is 252 g/mol. The van der Waals surface area contributed by atoms with Crippen LogP contribution in [0.3, 0.4) is 0 Å². The summed E-state index contributed by atoms with van der Waals surface area (Å²) < 4.78 is 6.08. The lowest BCUT2D eigenvalue weighted by Gasteiger charge is -2.36. The Morgan fingerprint density at radius 1 is 1.29 bits per heavy atom. The second kappa shape index (κ2) is 5.84. The fourth-order valence-electron chi connectivity index (χ4n) is 1.00. The summed E-state index contributed by atoms with van der Waals surface area (Å²) in [6.07, 6.45) is 1.78. The van der Waals surface area contributed by atoms with Crippen LogP contribution in [0.4, 0.5) is 5.82 Å². The highest BCUT2D eigenvalue weighted by molar-refractivity contribution is 6.74. The number of nitrogen functional groups attached to an aromatic ring is 1. The largest absolute Gasteiger partial charge is 0.413 e. The molecule has 0 atom stereocenters. The molecule has 0 spiro atoms. The molecule has 0 amide bonds. The molecule has 1 aromatic heterocycles. The highest BCUT2D eigenvalue weighted by Gasteiger charge is 2.36. The van der Waals surface area contributed by atoms with Gasteiger partial charge in [0.1, 0.15) is 5.82 Å². The number of nitrogens with two attached hydrogens (primary N) is 1. The Bertz CT molecular complexity index is 347. The van der Waals surface area contributed by atoms with Crippen molar-refractivity contribution in [2.24, 2.45) is 0 Å². The van der Waals surface area contributed by atoms with Gasteiger partial charge in [-0.05, 0) is 29.8 Å². The molecule has 0 radical (unpaired) electrons. The number of hydrogen-bond donors (Lipinski definition) is 1. The smallest absolute Gasteiger partial charge is 0.192 e. The molecule has 0 saturated heterocycles. The summed E-state index contributed by atoms with van der Waals surface area (Å²) >= 11 is 0. The Kier molecular flexibility index (Phi) is 5.64. The lowest BCUT2D eigenvalue weighted by atomic mass is 10.2. The summed E-state index contributed by atoms with van der Waals surface area (Å²) in [5.41, 5.74) is 6.62. The van der Waals surface area contributed by atoms with Gasteiger partial charge < -0.3 is 10.2 Å². The van der Waals surface area contributed by atoms with Gasteiger partial charge in [0.15, 0.2) is 8.32 Å². The Balaban J connectivity index is 0.00000256. The van der Waals surface area contributed by atoms with Crippen molar-refractivity contribution in [3.05, 3.63) is 23.9 Å². The number of rotatable bonds is 3. The second-order valence-corrected chi connectivity index (χ2v) is 10.4.